The van der Waals surface area contributed by atoms with Gasteiger partial charge in [0, 0.05) is 36.7 Å². The lowest BCUT2D eigenvalue weighted by Gasteiger charge is -2.56. The Labute approximate surface area is 264 Å². The number of halogens is 5. The number of aryl methyl sites for hydroxylation is 2. The third-order valence-electron chi connectivity index (χ3n) is 11.4. The van der Waals surface area contributed by atoms with Crippen molar-refractivity contribution in [3.63, 3.8) is 0 Å². The molecule has 46 heavy (non-hydrogen) atoms. The minimum Gasteiger partial charge on any atom is -0.458 e. The van der Waals surface area contributed by atoms with Gasteiger partial charge in [-0.25, -0.2) is 4.98 Å². The van der Waals surface area contributed by atoms with Gasteiger partial charge in [0.15, 0.2) is 5.78 Å². The summed E-state index contributed by atoms with van der Waals surface area (Å²) in [5, 5.41) is 11.5. The first-order chi connectivity index (χ1) is 21.6. The van der Waals surface area contributed by atoms with Gasteiger partial charge in [0.05, 0.1) is 6.42 Å². The predicted molar refractivity (Wildman–Crippen MR) is 159 cm³/mol. The van der Waals surface area contributed by atoms with Gasteiger partial charge in [-0.1, -0.05) is 36.8 Å². The van der Waals surface area contributed by atoms with Crippen molar-refractivity contribution < 1.29 is 41.4 Å². The van der Waals surface area contributed by atoms with Crippen LogP contribution in [0.2, 0.25) is 0 Å². The fraction of sp³-hybridized carbons (Fsp3) is 0.571. The number of aliphatic hydroxyl groups is 1. The number of hydrogen-bond acceptors (Lipinski definition) is 5. The normalized spacial score (nSPS) is 30.3. The minimum atomic E-state index is -5.90. The molecule has 0 bridgehead atoms. The molecule has 4 aliphatic carbocycles. The van der Waals surface area contributed by atoms with Crippen LogP contribution in [0.15, 0.2) is 59.5 Å². The second kappa shape index (κ2) is 11.4. The maximum atomic E-state index is 15.2. The van der Waals surface area contributed by atoms with Gasteiger partial charge in [0.1, 0.15) is 17.5 Å². The van der Waals surface area contributed by atoms with Crippen molar-refractivity contribution in [1.82, 2.24) is 9.55 Å². The third kappa shape index (κ3) is 5.13. The molecule has 2 saturated carbocycles. The summed E-state index contributed by atoms with van der Waals surface area (Å²) in [6.07, 6.45) is 0.00173. The number of benzene rings is 1. The van der Waals surface area contributed by atoms with Gasteiger partial charge in [-0.05, 0) is 92.6 Å². The molecule has 1 heterocycles. The fourth-order valence-corrected chi connectivity index (χ4v) is 8.89. The molecule has 6 rings (SSSR count). The number of aromatic nitrogens is 2. The predicted octanol–water partition coefficient (Wildman–Crippen LogP) is 7.71. The fourth-order valence-electron chi connectivity index (χ4n) is 8.89. The third-order valence-corrected chi connectivity index (χ3v) is 11.4. The van der Waals surface area contributed by atoms with Gasteiger partial charge in [-0.15, -0.1) is 0 Å². The molecule has 11 heteroatoms. The molecule has 1 N–H and O–H groups in total. The molecule has 1 aromatic heterocycles. The van der Waals surface area contributed by atoms with Crippen LogP contribution in [0, 0.1) is 24.2 Å². The molecule has 0 radical (unpaired) electrons. The second-order valence-electron chi connectivity index (χ2n) is 13.7. The van der Waals surface area contributed by atoms with Crippen LogP contribution in [0.4, 0.5) is 22.0 Å². The van der Waals surface area contributed by atoms with Crippen LogP contribution >= 0.6 is 0 Å². The first kappa shape index (κ1) is 32.6. The van der Waals surface area contributed by atoms with Crippen LogP contribution in [0.1, 0.15) is 94.2 Å². The summed E-state index contributed by atoms with van der Waals surface area (Å²) in [5.74, 6) is -6.23. The summed E-state index contributed by atoms with van der Waals surface area (Å²) in [5.41, 5.74) is -0.589. The Hall–Kier alpha value is -3.34. The van der Waals surface area contributed by atoms with E-state index in [1.165, 1.54) is 6.92 Å². The van der Waals surface area contributed by atoms with Crippen LogP contribution in [0.5, 0.6) is 0 Å². The lowest BCUT2D eigenvalue weighted by Crippen LogP contribution is -2.65. The molecule has 2 unspecified atom stereocenters. The molecular formula is C35H39F5N2O4. The van der Waals surface area contributed by atoms with Gasteiger partial charge < -0.3 is 14.4 Å². The highest BCUT2D eigenvalue weighted by molar-refractivity contribution is 5.93. The Morgan fingerprint density at radius 3 is 2.50 bits per heavy atom. The highest BCUT2D eigenvalue weighted by atomic mass is 19.4. The number of nitrogens with zero attached hydrogens (tertiary/aromatic N) is 2. The van der Waals surface area contributed by atoms with Crippen molar-refractivity contribution in [1.29, 1.82) is 0 Å². The van der Waals surface area contributed by atoms with Crippen LogP contribution in [0.25, 0.3) is 0 Å². The minimum absolute atomic E-state index is 0.0307. The van der Waals surface area contributed by atoms with E-state index in [2.05, 4.69) is 4.98 Å². The van der Waals surface area contributed by atoms with Crippen molar-refractivity contribution in [2.24, 2.45) is 17.3 Å². The van der Waals surface area contributed by atoms with E-state index in [-0.39, 0.29) is 36.9 Å². The standard InChI is InChI=1S/C35H39F5N2O4/c1-20(46-30(44)13-16-42-17-15-41-21(42)2)22-4-6-23(7-5-22)28-19-32(3)29(12-14-33(32,45)34(36,37)35(38,39)40)27-10-8-24-18-25(43)9-11-26(24)31(27)28/h4-7,15,17-18,20,27-29,45H,8-14,16,19H2,1-3H3/t20-,27?,28+,29?,32-,33-/m0/s1. The Morgan fingerprint density at radius 2 is 1.85 bits per heavy atom. The van der Waals surface area contributed by atoms with Crippen LogP contribution in [0.3, 0.4) is 0 Å². The van der Waals surface area contributed by atoms with Gasteiger partial charge in [0.25, 0.3) is 0 Å². The maximum Gasteiger partial charge on any atom is 0.456 e. The van der Waals surface area contributed by atoms with Crippen molar-refractivity contribution in [3.05, 3.63) is 76.4 Å². The van der Waals surface area contributed by atoms with E-state index < -0.39 is 47.5 Å². The molecule has 0 amide bonds. The Balaban J connectivity index is 1.32. The number of hydrogen-bond donors (Lipinski definition) is 1. The largest absolute Gasteiger partial charge is 0.458 e. The van der Waals surface area contributed by atoms with Crippen molar-refractivity contribution in [3.8, 4) is 0 Å². The summed E-state index contributed by atoms with van der Waals surface area (Å²) >= 11 is 0. The number of esters is 1. The van der Waals surface area contributed by atoms with E-state index in [1.807, 2.05) is 23.6 Å². The number of ether oxygens (including phenoxy) is 1. The van der Waals surface area contributed by atoms with Gasteiger partial charge in [0.2, 0.25) is 0 Å². The lowest BCUT2D eigenvalue weighted by molar-refractivity contribution is -0.362. The highest BCUT2D eigenvalue weighted by Crippen LogP contribution is 2.70. The Morgan fingerprint density at radius 1 is 1.13 bits per heavy atom. The van der Waals surface area contributed by atoms with Crippen LogP contribution in [-0.2, 0) is 20.9 Å². The summed E-state index contributed by atoms with van der Waals surface area (Å²) in [6.45, 7) is 5.43. The van der Waals surface area contributed by atoms with Gasteiger partial charge in [-0.3, -0.25) is 9.59 Å². The summed E-state index contributed by atoms with van der Waals surface area (Å²) in [7, 11) is 0. The molecule has 1 aromatic carbocycles. The van der Waals surface area contributed by atoms with E-state index in [4.69, 9.17) is 4.74 Å². The zero-order valence-corrected chi connectivity index (χ0v) is 26.2. The molecule has 2 aromatic rings. The molecular weight excluding hydrogens is 607 g/mol. The first-order valence-corrected chi connectivity index (χ1v) is 16.0. The topological polar surface area (TPSA) is 81.4 Å². The van der Waals surface area contributed by atoms with Gasteiger partial charge >= 0.3 is 18.1 Å². The van der Waals surface area contributed by atoms with E-state index in [9.17, 15) is 27.9 Å². The number of imidazole rings is 1. The number of fused-ring (bicyclic) bond motifs is 4. The number of alkyl halides is 5. The SMILES string of the molecule is Cc1nccn1CCC(=O)O[C@@H](C)c1ccc([C@H]2C[C@@]3(C)C(CC[C@@]3(O)C(F)(F)C(F)(F)F)C3CCC4=CC(=O)CCC4=C32)cc1. The number of carbonyl (C=O) groups is 2. The molecule has 2 fully saturated rings. The maximum absolute atomic E-state index is 15.2. The quantitative estimate of drug-likeness (QED) is 0.246. The molecule has 248 valence electrons. The molecule has 6 atom stereocenters. The number of allylic oxidation sites excluding steroid dienone is 4. The van der Waals surface area contributed by atoms with Crippen molar-refractivity contribution in [2.45, 2.75) is 108 Å². The molecule has 0 aliphatic heterocycles. The van der Waals surface area contributed by atoms with Crippen molar-refractivity contribution in [2.75, 3.05) is 0 Å². The summed E-state index contributed by atoms with van der Waals surface area (Å²) in [4.78, 5) is 29.0. The van der Waals surface area contributed by atoms with E-state index in [0.29, 0.717) is 37.8 Å². The molecule has 0 saturated heterocycles. The number of carbonyl (C=O) groups excluding carboxylic acids is 2. The average molecular weight is 647 g/mol. The summed E-state index contributed by atoms with van der Waals surface area (Å²) < 4.78 is 79.4. The zero-order chi connectivity index (χ0) is 33.2. The van der Waals surface area contributed by atoms with Gasteiger partial charge in [-0.2, -0.15) is 22.0 Å². The average Bonchev–Trinajstić information content (AvgIpc) is 3.54. The van der Waals surface area contributed by atoms with E-state index in [1.54, 1.807) is 37.5 Å². The Bertz CT molecular complexity index is 1590. The molecule has 6 nitrogen and oxygen atoms in total. The summed E-state index contributed by atoms with van der Waals surface area (Å²) in [6, 6.07) is 7.21. The first-order valence-electron chi connectivity index (χ1n) is 16.0. The van der Waals surface area contributed by atoms with Crippen LogP contribution in [-0.4, -0.2) is 44.1 Å². The van der Waals surface area contributed by atoms with E-state index >= 15 is 8.78 Å². The highest BCUT2D eigenvalue weighted by Gasteiger charge is 2.79. The lowest BCUT2D eigenvalue weighted by atomic mass is 9.50. The van der Waals surface area contributed by atoms with Crippen LogP contribution < -0.4 is 0 Å². The second-order valence-corrected chi connectivity index (χ2v) is 13.7. The molecule has 4 aliphatic rings. The number of ketones is 1. The number of rotatable bonds is 7. The van der Waals surface area contributed by atoms with E-state index in [0.717, 1.165) is 28.1 Å². The smallest absolute Gasteiger partial charge is 0.456 e. The molecule has 0 spiro atoms. The Kier molecular flexibility index (Phi) is 8.09. The van der Waals surface area contributed by atoms with Crippen molar-refractivity contribution >= 4 is 11.8 Å². The zero-order valence-electron chi connectivity index (χ0n) is 26.2. The monoisotopic (exact) mass is 646 g/mol.